The maximum atomic E-state index is 5.94. The molecular weight excluding hydrogens is 176 g/mol. The third kappa shape index (κ3) is 4.51. The topological polar surface area (TPSA) is 9.23 Å². The average molecular weight is 200 g/mol. The summed E-state index contributed by atoms with van der Waals surface area (Å²) in [6, 6.07) is 3.70. The molecule has 0 aliphatic rings. The molecule has 0 aromatic rings. The molecule has 0 N–H and O–H groups in total. The Morgan fingerprint density at radius 2 is 1.54 bits per heavy atom. The van der Waals surface area contributed by atoms with Gasteiger partial charge in [0.2, 0.25) is 8.32 Å². The summed E-state index contributed by atoms with van der Waals surface area (Å²) in [7, 11) is -1.35. The fraction of sp³-hybridized carbons (Fsp3) is 0.818. The number of hydrogen-bond donors (Lipinski definition) is 0. The molecule has 2 heteroatoms. The number of rotatable bonds is 7. The Bertz CT molecular complexity index is 131. The monoisotopic (exact) mass is 200 g/mol. The van der Waals surface area contributed by atoms with Gasteiger partial charge in [-0.25, -0.2) is 0 Å². The van der Waals surface area contributed by atoms with E-state index in [0.717, 1.165) is 6.42 Å². The fourth-order valence-corrected chi connectivity index (χ4v) is 3.81. The van der Waals surface area contributed by atoms with Crippen LogP contribution in [0, 0.1) is 0 Å². The molecule has 78 valence electrons. The second-order valence-corrected chi connectivity index (χ2v) is 8.25. The molecule has 0 aliphatic carbocycles. The molecule has 0 amide bonds. The van der Waals surface area contributed by atoms with Crippen molar-refractivity contribution in [1.82, 2.24) is 0 Å². The highest BCUT2D eigenvalue weighted by Crippen LogP contribution is 2.21. The molecule has 0 bridgehead atoms. The highest BCUT2D eigenvalue weighted by atomic mass is 28.4. The van der Waals surface area contributed by atoms with Crippen LogP contribution in [0.25, 0.3) is 0 Å². The molecule has 0 heterocycles. The largest absolute Gasteiger partial charge is 0.549 e. The summed E-state index contributed by atoms with van der Waals surface area (Å²) in [4.78, 5) is 0. The summed E-state index contributed by atoms with van der Waals surface area (Å²) >= 11 is 0. The van der Waals surface area contributed by atoms with Crippen molar-refractivity contribution in [3.8, 4) is 0 Å². The predicted octanol–water partition coefficient (Wildman–Crippen LogP) is 4.32. The molecule has 0 aromatic heterocycles. The first-order chi connectivity index (χ1) is 6.24. The lowest BCUT2D eigenvalue weighted by Crippen LogP contribution is -2.33. The van der Waals surface area contributed by atoms with Crippen LogP contribution in [-0.2, 0) is 4.43 Å². The summed E-state index contributed by atoms with van der Waals surface area (Å²) in [5, 5.41) is 0. The Hall–Kier alpha value is -0.243. The van der Waals surface area contributed by atoms with Crippen LogP contribution in [0.5, 0.6) is 0 Å². The molecule has 13 heavy (non-hydrogen) atoms. The number of allylic oxidation sites excluding steroid dienone is 1. The van der Waals surface area contributed by atoms with Crippen LogP contribution in [0.3, 0.4) is 0 Å². The number of hydrogen-bond acceptors (Lipinski definition) is 1. The second kappa shape index (κ2) is 7.19. The van der Waals surface area contributed by atoms with Crippen LogP contribution in [0.2, 0.25) is 18.1 Å². The van der Waals surface area contributed by atoms with E-state index in [9.17, 15) is 0 Å². The molecule has 0 radical (unpaired) electrons. The zero-order valence-electron chi connectivity index (χ0n) is 9.60. The first kappa shape index (κ1) is 12.8. The van der Waals surface area contributed by atoms with Gasteiger partial charge in [0.1, 0.15) is 0 Å². The van der Waals surface area contributed by atoms with Crippen molar-refractivity contribution in [2.75, 3.05) is 0 Å². The lowest BCUT2D eigenvalue weighted by molar-refractivity contribution is 0.455. The van der Waals surface area contributed by atoms with Crippen molar-refractivity contribution in [3.05, 3.63) is 12.3 Å². The summed E-state index contributed by atoms with van der Waals surface area (Å²) < 4.78 is 5.94. The van der Waals surface area contributed by atoms with Gasteiger partial charge >= 0.3 is 0 Å². The lowest BCUT2D eigenvalue weighted by Gasteiger charge is -2.26. The van der Waals surface area contributed by atoms with Gasteiger partial charge in [0.05, 0.1) is 6.26 Å². The summed E-state index contributed by atoms with van der Waals surface area (Å²) in [5.74, 6) is 0. The van der Waals surface area contributed by atoms with Gasteiger partial charge in [-0.1, -0.05) is 40.2 Å². The van der Waals surface area contributed by atoms with E-state index in [1.165, 1.54) is 24.6 Å². The Labute approximate surface area is 84.3 Å². The maximum Gasteiger partial charge on any atom is 0.249 e. The molecule has 0 rings (SSSR count). The van der Waals surface area contributed by atoms with Gasteiger partial charge in [-0.15, -0.1) is 0 Å². The quantitative estimate of drug-likeness (QED) is 0.439. The van der Waals surface area contributed by atoms with Crippen molar-refractivity contribution < 1.29 is 4.43 Å². The molecule has 0 spiro atoms. The second-order valence-electron chi connectivity index (χ2n) is 3.52. The predicted molar refractivity (Wildman–Crippen MR) is 62.3 cm³/mol. The van der Waals surface area contributed by atoms with Crippen molar-refractivity contribution in [3.63, 3.8) is 0 Å². The third-order valence-corrected chi connectivity index (χ3v) is 7.30. The van der Waals surface area contributed by atoms with Gasteiger partial charge in [0.25, 0.3) is 0 Å². The number of unbranched alkanes of at least 4 members (excludes halogenated alkanes) is 1. The zero-order chi connectivity index (χ0) is 10.2. The van der Waals surface area contributed by atoms with Gasteiger partial charge in [0.15, 0.2) is 0 Å². The Morgan fingerprint density at radius 3 is 1.92 bits per heavy atom. The van der Waals surface area contributed by atoms with E-state index < -0.39 is 8.32 Å². The van der Waals surface area contributed by atoms with Gasteiger partial charge in [0, 0.05) is 0 Å². The van der Waals surface area contributed by atoms with Crippen molar-refractivity contribution in [2.24, 2.45) is 0 Å². The summed E-state index contributed by atoms with van der Waals surface area (Å²) in [6.07, 6.45) is 6.45. The van der Waals surface area contributed by atoms with E-state index in [1.807, 2.05) is 6.26 Å². The normalized spacial score (nSPS) is 12.3. The van der Waals surface area contributed by atoms with Gasteiger partial charge in [-0.3, -0.25) is 0 Å². The molecular formula is C11H24OSi. The molecule has 1 nitrogen and oxygen atoms in total. The van der Waals surface area contributed by atoms with Gasteiger partial charge in [-0.2, -0.15) is 0 Å². The standard InChI is InChI=1S/C11H24OSi/c1-5-9-10-11-12-13(6-2,7-3)8-4/h10-11H,5-9H2,1-4H3/b11-10+. The molecule has 0 saturated heterocycles. The Balaban J connectivity index is 3.94. The molecule has 0 aromatic carbocycles. The SMILES string of the molecule is CCC/C=C/O[Si](CC)(CC)CC. The zero-order valence-corrected chi connectivity index (χ0v) is 10.6. The van der Waals surface area contributed by atoms with Crippen LogP contribution in [0.15, 0.2) is 12.3 Å². The minimum atomic E-state index is -1.35. The van der Waals surface area contributed by atoms with Gasteiger partial charge in [-0.05, 0) is 24.6 Å². The molecule has 0 aliphatic heterocycles. The molecule has 0 fully saturated rings. The van der Waals surface area contributed by atoms with E-state index in [4.69, 9.17) is 4.43 Å². The van der Waals surface area contributed by atoms with E-state index in [0.29, 0.717) is 0 Å². The first-order valence-corrected chi connectivity index (χ1v) is 8.10. The smallest absolute Gasteiger partial charge is 0.249 e. The molecule has 0 atom stereocenters. The van der Waals surface area contributed by atoms with E-state index in [2.05, 4.69) is 33.8 Å². The van der Waals surface area contributed by atoms with Crippen molar-refractivity contribution >= 4 is 8.32 Å². The van der Waals surface area contributed by atoms with Crippen LogP contribution in [0.4, 0.5) is 0 Å². The van der Waals surface area contributed by atoms with E-state index in [-0.39, 0.29) is 0 Å². The first-order valence-electron chi connectivity index (χ1n) is 5.57. The Morgan fingerprint density at radius 1 is 1.00 bits per heavy atom. The van der Waals surface area contributed by atoms with Crippen molar-refractivity contribution in [2.45, 2.75) is 58.7 Å². The maximum absolute atomic E-state index is 5.94. The van der Waals surface area contributed by atoms with Crippen LogP contribution >= 0.6 is 0 Å². The van der Waals surface area contributed by atoms with Crippen LogP contribution in [-0.4, -0.2) is 8.32 Å². The fourth-order valence-electron chi connectivity index (χ4n) is 1.43. The van der Waals surface area contributed by atoms with E-state index in [1.54, 1.807) is 0 Å². The van der Waals surface area contributed by atoms with Crippen LogP contribution < -0.4 is 0 Å². The Kier molecular flexibility index (Phi) is 7.05. The van der Waals surface area contributed by atoms with Gasteiger partial charge < -0.3 is 4.43 Å². The average Bonchev–Trinajstić information content (AvgIpc) is 2.20. The summed E-state index contributed by atoms with van der Waals surface area (Å²) in [6.45, 7) is 8.96. The molecule has 0 unspecified atom stereocenters. The highest BCUT2D eigenvalue weighted by Gasteiger charge is 2.28. The van der Waals surface area contributed by atoms with Crippen molar-refractivity contribution in [1.29, 1.82) is 0 Å². The lowest BCUT2D eigenvalue weighted by atomic mass is 10.3. The minimum Gasteiger partial charge on any atom is -0.549 e. The minimum absolute atomic E-state index is 1.14. The van der Waals surface area contributed by atoms with Crippen LogP contribution in [0.1, 0.15) is 40.5 Å². The van der Waals surface area contributed by atoms with E-state index >= 15 is 0 Å². The molecule has 0 saturated carbocycles. The summed E-state index contributed by atoms with van der Waals surface area (Å²) in [5.41, 5.74) is 0. The highest BCUT2D eigenvalue weighted by molar-refractivity contribution is 6.73. The third-order valence-electron chi connectivity index (χ3n) is 2.80.